The van der Waals surface area contributed by atoms with Crippen LogP contribution < -0.4 is 15.5 Å². The van der Waals surface area contributed by atoms with Crippen LogP contribution in [0.2, 0.25) is 0 Å². The third-order valence-corrected chi connectivity index (χ3v) is 2.89. The Kier molecular flexibility index (Phi) is 5.73. The Bertz CT molecular complexity index is 660. The van der Waals surface area contributed by atoms with Gasteiger partial charge in [-0.05, 0) is 55.0 Å². The van der Waals surface area contributed by atoms with E-state index in [1.54, 1.807) is 24.4 Å². The molecule has 2 rings (SSSR count). The summed E-state index contributed by atoms with van der Waals surface area (Å²) in [6.07, 6.45) is 1.56. The van der Waals surface area contributed by atoms with E-state index in [4.69, 9.17) is 17.0 Å². The van der Waals surface area contributed by atoms with Gasteiger partial charge in [-0.15, -0.1) is 0 Å². The SMILES string of the molecule is CCOc1ccc(/C=N\NC(=S)Nc2ccccc2)cc1O. The molecule has 0 saturated carbocycles. The topological polar surface area (TPSA) is 65.9 Å². The minimum Gasteiger partial charge on any atom is -0.504 e. The van der Waals surface area contributed by atoms with Gasteiger partial charge in [0.15, 0.2) is 16.6 Å². The van der Waals surface area contributed by atoms with Gasteiger partial charge in [0.25, 0.3) is 0 Å². The number of para-hydroxylation sites is 1. The van der Waals surface area contributed by atoms with Gasteiger partial charge in [-0.2, -0.15) is 5.10 Å². The first-order valence-electron chi connectivity index (χ1n) is 6.80. The number of aromatic hydroxyl groups is 1. The smallest absolute Gasteiger partial charge is 0.191 e. The molecule has 114 valence electrons. The largest absolute Gasteiger partial charge is 0.504 e. The van der Waals surface area contributed by atoms with Crippen molar-refractivity contribution in [1.82, 2.24) is 5.43 Å². The third kappa shape index (κ3) is 4.75. The van der Waals surface area contributed by atoms with Crippen molar-refractivity contribution in [3.63, 3.8) is 0 Å². The molecule has 0 spiro atoms. The maximum atomic E-state index is 9.78. The second-order valence-electron chi connectivity index (χ2n) is 4.35. The van der Waals surface area contributed by atoms with Gasteiger partial charge in [0.05, 0.1) is 12.8 Å². The van der Waals surface area contributed by atoms with Gasteiger partial charge >= 0.3 is 0 Å². The first-order chi connectivity index (χ1) is 10.7. The molecule has 0 unspecified atom stereocenters. The van der Waals surface area contributed by atoms with Crippen molar-refractivity contribution < 1.29 is 9.84 Å². The van der Waals surface area contributed by atoms with Gasteiger partial charge in [0.1, 0.15) is 0 Å². The fraction of sp³-hybridized carbons (Fsp3) is 0.125. The summed E-state index contributed by atoms with van der Waals surface area (Å²) in [4.78, 5) is 0. The Morgan fingerprint density at radius 1 is 1.27 bits per heavy atom. The van der Waals surface area contributed by atoms with Crippen LogP contribution in [-0.2, 0) is 0 Å². The van der Waals surface area contributed by atoms with E-state index in [1.807, 2.05) is 37.3 Å². The third-order valence-electron chi connectivity index (χ3n) is 2.69. The molecule has 0 heterocycles. The van der Waals surface area contributed by atoms with Crippen molar-refractivity contribution in [3.8, 4) is 11.5 Å². The van der Waals surface area contributed by atoms with Crippen molar-refractivity contribution in [2.24, 2.45) is 5.10 Å². The normalized spacial score (nSPS) is 10.4. The average Bonchev–Trinajstić information content (AvgIpc) is 2.51. The summed E-state index contributed by atoms with van der Waals surface area (Å²) in [7, 11) is 0. The summed E-state index contributed by atoms with van der Waals surface area (Å²) in [5.74, 6) is 0.532. The van der Waals surface area contributed by atoms with Gasteiger partial charge in [-0.25, -0.2) is 0 Å². The van der Waals surface area contributed by atoms with Crippen LogP contribution in [0.3, 0.4) is 0 Å². The predicted molar refractivity (Wildman–Crippen MR) is 92.7 cm³/mol. The monoisotopic (exact) mass is 315 g/mol. The quantitative estimate of drug-likeness (QED) is 0.449. The molecule has 3 N–H and O–H groups in total. The van der Waals surface area contributed by atoms with Crippen LogP contribution >= 0.6 is 12.2 Å². The lowest BCUT2D eigenvalue weighted by molar-refractivity contribution is 0.318. The molecule has 6 heteroatoms. The van der Waals surface area contributed by atoms with Crippen LogP contribution in [0.25, 0.3) is 0 Å². The van der Waals surface area contributed by atoms with E-state index in [0.717, 1.165) is 11.3 Å². The van der Waals surface area contributed by atoms with Crippen molar-refractivity contribution in [3.05, 3.63) is 54.1 Å². The summed E-state index contributed by atoms with van der Waals surface area (Å²) in [5, 5.41) is 17.2. The Balaban J connectivity index is 1.89. The van der Waals surface area contributed by atoms with E-state index < -0.39 is 0 Å². The number of rotatable bonds is 5. The number of benzene rings is 2. The zero-order chi connectivity index (χ0) is 15.8. The standard InChI is InChI=1S/C16H17N3O2S/c1-2-21-15-9-8-12(10-14(15)20)11-17-19-16(22)18-13-6-4-3-5-7-13/h3-11,20H,2H2,1H3,(H2,18,19,22)/b17-11-. The molecule has 0 saturated heterocycles. The van der Waals surface area contributed by atoms with Crippen LogP contribution in [0, 0.1) is 0 Å². The summed E-state index contributed by atoms with van der Waals surface area (Å²) < 4.78 is 5.26. The molecule has 0 fully saturated rings. The highest BCUT2D eigenvalue weighted by Gasteiger charge is 2.01. The predicted octanol–water partition coefficient (Wildman–Crippen LogP) is 3.11. The second-order valence-corrected chi connectivity index (χ2v) is 4.76. The van der Waals surface area contributed by atoms with Crippen LogP contribution in [0.1, 0.15) is 12.5 Å². The Morgan fingerprint density at radius 2 is 2.05 bits per heavy atom. The number of thiocarbonyl (C=S) groups is 1. The molecule has 0 amide bonds. The van der Waals surface area contributed by atoms with Crippen molar-refractivity contribution in [1.29, 1.82) is 0 Å². The Morgan fingerprint density at radius 3 is 2.73 bits per heavy atom. The maximum Gasteiger partial charge on any atom is 0.191 e. The number of nitrogens with one attached hydrogen (secondary N) is 2. The van der Waals surface area contributed by atoms with Crippen LogP contribution in [0.4, 0.5) is 5.69 Å². The molecule has 0 aliphatic rings. The average molecular weight is 315 g/mol. The number of ether oxygens (including phenoxy) is 1. The molecule has 0 aliphatic heterocycles. The highest BCUT2D eigenvalue weighted by Crippen LogP contribution is 2.25. The van der Waals surface area contributed by atoms with E-state index >= 15 is 0 Å². The van der Waals surface area contributed by atoms with Crippen LogP contribution in [-0.4, -0.2) is 23.0 Å². The molecular formula is C16H17N3O2S. The number of anilines is 1. The lowest BCUT2D eigenvalue weighted by Gasteiger charge is -2.07. The molecule has 5 nitrogen and oxygen atoms in total. The Labute approximate surface area is 134 Å². The molecule has 0 aromatic heterocycles. The van der Waals surface area contributed by atoms with Gasteiger partial charge in [0.2, 0.25) is 0 Å². The van der Waals surface area contributed by atoms with E-state index in [2.05, 4.69) is 15.8 Å². The molecule has 0 aliphatic carbocycles. The minimum absolute atomic E-state index is 0.0794. The molecule has 0 bridgehead atoms. The lowest BCUT2D eigenvalue weighted by atomic mass is 10.2. The van der Waals surface area contributed by atoms with Crippen molar-refractivity contribution >= 4 is 29.2 Å². The first kappa shape index (κ1) is 15.8. The second kappa shape index (κ2) is 7.99. The molecule has 2 aromatic carbocycles. The van der Waals surface area contributed by atoms with Crippen molar-refractivity contribution in [2.45, 2.75) is 6.92 Å². The van der Waals surface area contributed by atoms with Gasteiger partial charge in [-0.3, -0.25) is 5.43 Å². The van der Waals surface area contributed by atoms with Crippen LogP contribution in [0.5, 0.6) is 11.5 Å². The van der Waals surface area contributed by atoms with E-state index in [9.17, 15) is 5.11 Å². The van der Waals surface area contributed by atoms with Gasteiger partial charge in [-0.1, -0.05) is 18.2 Å². The summed E-state index contributed by atoms with van der Waals surface area (Å²) >= 11 is 5.13. The molecule has 0 radical (unpaired) electrons. The summed E-state index contributed by atoms with van der Waals surface area (Å²) in [6, 6.07) is 14.6. The number of hydrogen-bond donors (Lipinski definition) is 3. The zero-order valence-electron chi connectivity index (χ0n) is 12.1. The van der Waals surface area contributed by atoms with E-state index in [-0.39, 0.29) is 5.75 Å². The highest BCUT2D eigenvalue weighted by molar-refractivity contribution is 7.80. The van der Waals surface area contributed by atoms with Crippen molar-refractivity contribution in [2.75, 3.05) is 11.9 Å². The molecular weight excluding hydrogens is 298 g/mol. The number of phenolic OH excluding ortho intramolecular Hbond substituents is 1. The minimum atomic E-state index is 0.0794. The molecule has 22 heavy (non-hydrogen) atoms. The number of phenols is 1. The molecule has 0 atom stereocenters. The maximum absolute atomic E-state index is 9.78. The number of nitrogens with zero attached hydrogens (tertiary/aromatic N) is 1. The Hall–Kier alpha value is -2.60. The van der Waals surface area contributed by atoms with Crippen LogP contribution in [0.15, 0.2) is 53.6 Å². The lowest BCUT2D eigenvalue weighted by Crippen LogP contribution is -2.23. The highest BCUT2D eigenvalue weighted by atomic mass is 32.1. The summed E-state index contributed by atoms with van der Waals surface area (Å²) in [5.41, 5.74) is 4.33. The fourth-order valence-corrected chi connectivity index (χ4v) is 1.91. The summed E-state index contributed by atoms with van der Waals surface area (Å²) in [6.45, 7) is 2.36. The molecule has 2 aromatic rings. The fourth-order valence-electron chi connectivity index (χ4n) is 1.74. The van der Waals surface area contributed by atoms with Gasteiger partial charge in [0, 0.05) is 5.69 Å². The number of hydrazone groups is 1. The first-order valence-corrected chi connectivity index (χ1v) is 7.21. The zero-order valence-corrected chi connectivity index (χ0v) is 12.9. The number of hydrogen-bond acceptors (Lipinski definition) is 4. The van der Waals surface area contributed by atoms with E-state index in [0.29, 0.717) is 17.5 Å². The van der Waals surface area contributed by atoms with E-state index in [1.165, 1.54) is 0 Å². The van der Waals surface area contributed by atoms with Gasteiger partial charge < -0.3 is 15.2 Å².